The Balaban J connectivity index is 1.97. The summed E-state index contributed by atoms with van der Waals surface area (Å²) in [6, 6.07) is 0.605. The summed E-state index contributed by atoms with van der Waals surface area (Å²) < 4.78 is 0. The maximum Gasteiger partial charge on any atom is 0.191 e. The quantitative estimate of drug-likeness (QED) is 0.707. The maximum atomic E-state index is 5.90. The van der Waals surface area contributed by atoms with Gasteiger partial charge in [-0.3, -0.25) is 4.99 Å². The van der Waals surface area contributed by atoms with E-state index in [-0.39, 0.29) is 0 Å². The lowest BCUT2D eigenvalue weighted by molar-refractivity contribution is 0.237. The summed E-state index contributed by atoms with van der Waals surface area (Å²) in [5, 5.41) is 0. The van der Waals surface area contributed by atoms with Crippen molar-refractivity contribution >= 4 is 5.96 Å². The molecule has 0 radical (unpaired) electrons. The molecule has 1 heterocycles. The largest absolute Gasteiger partial charge is 0.370 e. The topological polar surface area (TPSA) is 41.6 Å². The number of guanidine groups is 1. The first kappa shape index (κ1) is 10.8. The van der Waals surface area contributed by atoms with Crippen molar-refractivity contribution in [3.05, 3.63) is 0 Å². The van der Waals surface area contributed by atoms with E-state index in [0.717, 1.165) is 25.0 Å². The van der Waals surface area contributed by atoms with Gasteiger partial charge in [0.05, 0.1) is 12.6 Å². The van der Waals surface area contributed by atoms with Crippen LogP contribution in [-0.4, -0.2) is 30.0 Å². The molecule has 1 saturated carbocycles. The second-order valence-electron chi connectivity index (χ2n) is 4.80. The molecule has 2 N–H and O–H groups in total. The van der Waals surface area contributed by atoms with Gasteiger partial charge in [-0.25, -0.2) is 0 Å². The first-order valence-corrected chi connectivity index (χ1v) is 6.39. The Morgan fingerprint density at radius 1 is 1.27 bits per heavy atom. The average molecular weight is 209 g/mol. The molecule has 2 aliphatic rings. The number of likely N-dealkylation sites (N-methyl/N-ethyl adjacent to an activating group) is 1. The second-order valence-corrected chi connectivity index (χ2v) is 4.80. The van der Waals surface area contributed by atoms with Gasteiger partial charge in [-0.2, -0.15) is 0 Å². The summed E-state index contributed by atoms with van der Waals surface area (Å²) in [5.74, 6) is 1.60. The fraction of sp³-hybridized carbons (Fsp3) is 0.917. The van der Waals surface area contributed by atoms with Crippen LogP contribution >= 0.6 is 0 Å². The molecule has 1 aliphatic heterocycles. The monoisotopic (exact) mass is 209 g/mol. The highest BCUT2D eigenvalue weighted by Crippen LogP contribution is 2.29. The van der Waals surface area contributed by atoms with Crippen LogP contribution in [0.1, 0.15) is 45.4 Å². The van der Waals surface area contributed by atoms with Gasteiger partial charge >= 0.3 is 0 Å². The molecule has 86 valence electrons. The number of nitrogens with two attached hydrogens (primary N) is 1. The smallest absolute Gasteiger partial charge is 0.191 e. The summed E-state index contributed by atoms with van der Waals surface area (Å²) in [6.07, 6.45) is 8.41. The summed E-state index contributed by atoms with van der Waals surface area (Å²) in [4.78, 5) is 6.70. The van der Waals surface area contributed by atoms with Gasteiger partial charge in [0, 0.05) is 6.54 Å². The molecular formula is C12H23N3. The van der Waals surface area contributed by atoms with Gasteiger partial charge in [-0.15, -0.1) is 0 Å². The van der Waals surface area contributed by atoms with E-state index in [1.807, 2.05) is 0 Å². The lowest BCUT2D eigenvalue weighted by atomic mass is 9.91. The minimum Gasteiger partial charge on any atom is -0.370 e. The van der Waals surface area contributed by atoms with E-state index in [2.05, 4.69) is 16.8 Å². The van der Waals surface area contributed by atoms with Gasteiger partial charge in [0.15, 0.2) is 5.96 Å². The van der Waals surface area contributed by atoms with E-state index >= 15 is 0 Å². The molecular weight excluding hydrogens is 186 g/mol. The summed E-state index contributed by atoms with van der Waals surface area (Å²) in [7, 11) is 0. The summed E-state index contributed by atoms with van der Waals surface area (Å²) in [5.41, 5.74) is 5.90. The molecule has 0 aromatic heterocycles. The highest BCUT2D eigenvalue weighted by Gasteiger charge is 2.31. The van der Waals surface area contributed by atoms with Gasteiger partial charge in [0.2, 0.25) is 0 Å². The Hall–Kier alpha value is -0.730. The van der Waals surface area contributed by atoms with E-state index in [1.165, 1.54) is 38.5 Å². The lowest BCUT2D eigenvalue weighted by Gasteiger charge is -2.31. The average Bonchev–Trinajstić information content (AvgIpc) is 2.48. The molecule has 3 heteroatoms. The maximum absolute atomic E-state index is 5.90. The Morgan fingerprint density at radius 2 is 1.93 bits per heavy atom. The van der Waals surface area contributed by atoms with E-state index in [0.29, 0.717) is 6.04 Å². The highest BCUT2D eigenvalue weighted by molar-refractivity contribution is 5.80. The van der Waals surface area contributed by atoms with Crippen molar-refractivity contribution in [2.24, 2.45) is 16.6 Å². The van der Waals surface area contributed by atoms with Gasteiger partial charge < -0.3 is 10.6 Å². The van der Waals surface area contributed by atoms with Crippen molar-refractivity contribution in [3.8, 4) is 0 Å². The third-order valence-electron chi connectivity index (χ3n) is 3.92. The molecule has 0 aromatic rings. The third kappa shape index (κ3) is 2.27. The van der Waals surface area contributed by atoms with Crippen LogP contribution in [0.4, 0.5) is 0 Å². The van der Waals surface area contributed by atoms with Crippen molar-refractivity contribution in [3.63, 3.8) is 0 Å². The van der Waals surface area contributed by atoms with Gasteiger partial charge in [0.1, 0.15) is 0 Å². The number of hydrogen-bond acceptors (Lipinski definition) is 3. The van der Waals surface area contributed by atoms with Crippen LogP contribution in [-0.2, 0) is 0 Å². The van der Waals surface area contributed by atoms with Crippen molar-refractivity contribution in [2.45, 2.75) is 51.5 Å². The van der Waals surface area contributed by atoms with Crippen molar-refractivity contribution < 1.29 is 0 Å². The molecule has 0 bridgehead atoms. The zero-order valence-electron chi connectivity index (χ0n) is 9.78. The predicted molar refractivity (Wildman–Crippen MR) is 63.8 cm³/mol. The van der Waals surface area contributed by atoms with E-state index in [4.69, 9.17) is 5.73 Å². The fourth-order valence-electron chi connectivity index (χ4n) is 3.04. The van der Waals surface area contributed by atoms with Crippen LogP contribution < -0.4 is 5.73 Å². The first-order chi connectivity index (χ1) is 7.33. The Kier molecular flexibility index (Phi) is 3.49. The predicted octanol–water partition coefficient (Wildman–Crippen LogP) is 1.98. The standard InChI is InChI=1S/C12H23N3/c1-2-15-11(9-14-12(15)13)10-7-5-3-4-6-8-10/h10-11H,2-9H2,1H3,(H2,13,14). The number of hydrogen-bond donors (Lipinski definition) is 1. The van der Waals surface area contributed by atoms with Crippen LogP contribution in [0.15, 0.2) is 4.99 Å². The molecule has 2 rings (SSSR count). The van der Waals surface area contributed by atoms with Crippen LogP contribution in [0.5, 0.6) is 0 Å². The van der Waals surface area contributed by atoms with E-state index in [1.54, 1.807) is 0 Å². The lowest BCUT2D eigenvalue weighted by Crippen LogP contribution is -2.44. The van der Waals surface area contributed by atoms with Crippen molar-refractivity contribution in [2.75, 3.05) is 13.1 Å². The van der Waals surface area contributed by atoms with Crippen LogP contribution in [0, 0.1) is 5.92 Å². The normalized spacial score (nSPS) is 29.0. The molecule has 0 aromatic carbocycles. The molecule has 1 atom stereocenters. The molecule has 0 saturated heterocycles. The number of nitrogens with zero attached hydrogens (tertiary/aromatic N) is 2. The van der Waals surface area contributed by atoms with Gasteiger partial charge in [-0.1, -0.05) is 25.7 Å². The van der Waals surface area contributed by atoms with E-state index in [9.17, 15) is 0 Å². The Morgan fingerprint density at radius 3 is 2.53 bits per heavy atom. The zero-order chi connectivity index (χ0) is 10.7. The van der Waals surface area contributed by atoms with E-state index < -0.39 is 0 Å². The van der Waals surface area contributed by atoms with Crippen molar-refractivity contribution in [1.82, 2.24) is 4.90 Å². The molecule has 1 fully saturated rings. The molecule has 0 spiro atoms. The van der Waals surface area contributed by atoms with Gasteiger partial charge in [0.25, 0.3) is 0 Å². The van der Waals surface area contributed by atoms with Crippen LogP contribution in [0.2, 0.25) is 0 Å². The van der Waals surface area contributed by atoms with Crippen molar-refractivity contribution in [1.29, 1.82) is 0 Å². The fourth-order valence-corrected chi connectivity index (χ4v) is 3.04. The number of rotatable bonds is 2. The Bertz CT molecular complexity index is 229. The van der Waals surface area contributed by atoms with Gasteiger partial charge in [-0.05, 0) is 25.7 Å². The second kappa shape index (κ2) is 4.86. The summed E-state index contributed by atoms with van der Waals surface area (Å²) >= 11 is 0. The molecule has 1 aliphatic carbocycles. The minimum absolute atomic E-state index is 0.605. The number of aliphatic imine (C=N–C) groups is 1. The third-order valence-corrected chi connectivity index (χ3v) is 3.92. The summed E-state index contributed by atoms with van der Waals surface area (Å²) in [6.45, 7) is 4.12. The van der Waals surface area contributed by atoms with Crippen LogP contribution in [0.25, 0.3) is 0 Å². The SMILES string of the molecule is CCN1C(N)=NCC1C1CCCCCC1. The zero-order valence-corrected chi connectivity index (χ0v) is 9.78. The highest BCUT2D eigenvalue weighted by atomic mass is 15.3. The minimum atomic E-state index is 0.605. The Labute approximate surface area is 92.7 Å². The molecule has 15 heavy (non-hydrogen) atoms. The van der Waals surface area contributed by atoms with Crippen LogP contribution in [0.3, 0.4) is 0 Å². The first-order valence-electron chi connectivity index (χ1n) is 6.39. The molecule has 3 nitrogen and oxygen atoms in total. The molecule has 0 amide bonds. The molecule has 1 unspecified atom stereocenters.